The molecule has 0 saturated carbocycles. The van der Waals surface area contributed by atoms with Crippen molar-refractivity contribution in [1.82, 2.24) is 9.78 Å². The van der Waals surface area contributed by atoms with Gasteiger partial charge in [-0.05, 0) is 31.2 Å². The average molecular weight is 199 g/mol. The molecule has 0 saturated heterocycles. The largest absolute Gasteiger partial charge is 0.298 e. The molecule has 2 aromatic rings. The van der Waals surface area contributed by atoms with Crippen molar-refractivity contribution < 1.29 is 0 Å². The Morgan fingerprint density at radius 1 is 1.33 bits per heavy atom. The van der Waals surface area contributed by atoms with Crippen LogP contribution in [0.25, 0.3) is 5.69 Å². The SMILES string of the molecule is Cc1c[nH]n(-c2ccc(C#N)cc2)c1=O. The number of hydrogen-bond donors (Lipinski definition) is 1. The molecule has 0 spiro atoms. The van der Waals surface area contributed by atoms with Crippen LogP contribution in [0.4, 0.5) is 0 Å². The normalized spacial score (nSPS) is 9.87. The first-order valence-electron chi connectivity index (χ1n) is 4.50. The first kappa shape index (κ1) is 9.28. The molecule has 1 aromatic heterocycles. The Kier molecular flexibility index (Phi) is 2.14. The van der Waals surface area contributed by atoms with Crippen LogP contribution in [0, 0.1) is 18.3 Å². The molecule has 0 aliphatic rings. The van der Waals surface area contributed by atoms with Crippen LogP contribution in [0.1, 0.15) is 11.1 Å². The zero-order valence-corrected chi connectivity index (χ0v) is 8.19. The third-order valence-corrected chi connectivity index (χ3v) is 2.21. The van der Waals surface area contributed by atoms with Crippen LogP contribution >= 0.6 is 0 Å². The number of aryl methyl sites for hydroxylation is 1. The monoisotopic (exact) mass is 199 g/mol. The molecule has 0 fully saturated rings. The van der Waals surface area contributed by atoms with Gasteiger partial charge in [0.05, 0.1) is 17.3 Å². The lowest BCUT2D eigenvalue weighted by Crippen LogP contribution is -2.15. The maximum absolute atomic E-state index is 11.6. The van der Waals surface area contributed by atoms with Gasteiger partial charge in [-0.15, -0.1) is 0 Å². The van der Waals surface area contributed by atoms with Gasteiger partial charge in [0.15, 0.2) is 0 Å². The number of nitriles is 1. The summed E-state index contributed by atoms with van der Waals surface area (Å²) < 4.78 is 1.44. The minimum Gasteiger partial charge on any atom is -0.298 e. The number of nitrogens with zero attached hydrogens (tertiary/aromatic N) is 2. The predicted octanol–water partition coefficient (Wildman–Crippen LogP) is 1.35. The minimum atomic E-state index is -0.0697. The fourth-order valence-electron chi connectivity index (χ4n) is 1.33. The number of benzene rings is 1. The number of rotatable bonds is 1. The second-order valence-corrected chi connectivity index (χ2v) is 3.26. The molecule has 0 radical (unpaired) electrons. The highest BCUT2D eigenvalue weighted by atomic mass is 16.1. The molecule has 1 heterocycles. The smallest absolute Gasteiger partial charge is 0.274 e. The predicted molar refractivity (Wildman–Crippen MR) is 55.8 cm³/mol. The van der Waals surface area contributed by atoms with Crippen LogP contribution in [-0.2, 0) is 0 Å². The van der Waals surface area contributed by atoms with E-state index < -0.39 is 0 Å². The number of hydrogen-bond acceptors (Lipinski definition) is 2. The Labute approximate surface area is 86.4 Å². The first-order chi connectivity index (χ1) is 7.22. The highest BCUT2D eigenvalue weighted by Crippen LogP contribution is 2.06. The van der Waals surface area contributed by atoms with E-state index in [-0.39, 0.29) is 5.56 Å². The van der Waals surface area contributed by atoms with Crippen LogP contribution in [0.2, 0.25) is 0 Å². The zero-order chi connectivity index (χ0) is 10.8. The summed E-state index contributed by atoms with van der Waals surface area (Å²) in [5, 5.41) is 11.5. The van der Waals surface area contributed by atoms with Crippen molar-refractivity contribution in [2.45, 2.75) is 6.92 Å². The minimum absolute atomic E-state index is 0.0697. The summed E-state index contributed by atoms with van der Waals surface area (Å²) in [5.41, 5.74) is 1.90. The number of aromatic nitrogens is 2. The molecule has 0 aliphatic heterocycles. The maximum atomic E-state index is 11.6. The molecule has 0 bridgehead atoms. The Balaban J connectivity index is 2.52. The van der Waals surface area contributed by atoms with Crippen molar-refractivity contribution in [2.24, 2.45) is 0 Å². The van der Waals surface area contributed by atoms with Crippen LogP contribution in [-0.4, -0.2) is 9.78 Å². The lowest BCUT2D eigenvalue weighted by molar-refractivity contribution is 0.848. The first-order valence-corrected chi connectivity index (χ1v) is 4.50. The molecular weight excluding hydrogens is 190 g/mol. The van der Waals surface area contributed by atoms with Crippen LogP contribution in [0.3, 0.4) is 0 Å². The van der Waals surface area contributed by atoms with Crippen molar-refractivity contribution >= 4 is 0 Å². The summed E-state index contributed by atoms with van der Waals surface area (Å²) in [6.07, 6.45) is 1.65. The van der Waals surface area contributed by atoms with E-state index in [1.165, 1.54) is 4.68 Å². The fourth-order valence-corrected chi connectivity index (χ4v) is 1.33. The Morgan fingerprint density at radius 3 is 2.47 bits per heavy atom. The van der Waals surface area contributed by atoms with Crippen molar-refractivity contribution in [3.8, 4) is 11.8 Å². The van der Waals surface area contributed by atoms with Crippen LogP contribution < -0.4 is 5.56 Å². The van der Waals surface area contributed by atoms with Gasteiger partial charge in [-0.1, -0.05) is 0 Å². The van der Waals surface area contributed by atoms with Crippen molar-refractivity contribution in [1.29, 1.82) is 5.26 Å². The quantitative estimate of drug-likeness (QED) is 0.753. The van der Waals surface area contributed by atoms with Crippen LogP contribution in [0.5, 0.6) is 0 Å². The van der Waals surface area contributed by atoms with Gasteiger partial charge in [0, 0.05) is 11.8 Å². The van der Waals surface area contributed by atoms with Crippen LogP contribution in [0.15, 0.2) is 35.3 Å². The molecule has 4 heteroatoms. The average Bonchev–Trinajstić information content (AvgIpc) is 2.60. The van der Waals surface area contributed by atoms with E-state index in [1.807, 2.05) is 6.07 Å². The summed E-state index contributed by atoms with van der Waals surface area (Å²) >= 11 is 0. The molecule has 0 unspecified atom stereocenters. The Morgan fingerprint density at radius 2 is 2.00 bits per heavy atom. The molecule has 0 aliphatic carbocycles. The molecule has 15 heavy (non-hydrogen) atoms. The lowest BCUT2D eigenvalue weighted by Gasteiger charge is -2.00. The van der Waals surface area contributed by atoms with Gasteiger partial charge >= 0.3 is 0 Å². The van der Waals surface area contributed by atoms with Gasteiger partial charge in [-0.2, -0.15) is 5.26 Å². The van der Waals surface area contributed by atoms with Crippen molar-refractivity contribution in [3.05, 3.63) is 51.9 Å². The molecule has 1 aromatic carbocycles. The molecule has 1 N–H and O–H groups in total. The van der Waals surface area contributed by atoms with E-state index in [0.717, 1.165) is 5.69 Å². The number of nitrogens with one attached hydrogen (secondary N) is 1. The third-order valence-electron chi connectivity index (χ3n) is 2.21. The summed E-state index contributed by atoms with van der Waals surface area (Å²) in [6, 6.07) is 8.85. The van der Waals surface area contributed by atoms with Crippen molar-refractivity contribution in [2.75, 3.05) is 0 Å². The van der Waals surface area contributed by atoms with Crippen molar-refractivity contribution in [3.63, 3.8) is 0 Å². The van der Waals surface area contributed by atoms with E-state index in [1.54, 1.807) is 37.4 Å². The number of H-pyrrole nitrogens is 1. The summed E-state index contributed by atoms with van der Waals surface area (Å²) in [5.74, 6) is 0. The fraction of sp³-hybridized carbons (Fsp3) is 0.0909. The zero-order valence-electron chi connectivity index (χ0n) is 8.19. The molecule has 0 atom stereocenters. The maximum Gasteiger partial charge on any atom is 0.274 e. The van der Waals surface area contributed by atoms with Gasteiger partial charge in [-0.25, -0.2) is 4.68 Å². The highest BCUT2D eigenvalue weighted by Gasteiger charge is 2.03. The Bertz CT molecular complexity index is 569. The van der Waals surface area contributed by atoms with E-state index in [0.29, 0.717) is 11.1 Å². The Hall–Kier alpha value is -2.28. The molecule has 2 rings (SSSR count). The molecular formula is C11H9N3O. The molecule has 74 valence electrons. The third kappa shape index (κ3) is 1.55. The second kappa shape index (κ2) is 3.46. The topological polar surface area (TPSA) is 61.6 Å². The van der Waals surface area contributed by atoms with Gasteiger partial charge in [0.1, 0.15) is 0 Å². The summed E-state index contributed by atoms with van der Waals surface area (Å²) in [6.45, 7) is 1.75. The van der Waals surface area contributed by atoms with Gasteiger partial charge < -0.3 is 0 Å². The van der Waals surface area contributed by atoms with E-state index in [9.17, 15) is 4.79 Å². The van der Waals surface area contributed by atoms with E-state index in [2.05, 4.69) is 5.10 Å². The molecule has 0 amide bonds. The van der Waals surface area contributed by atoms with Gasteiger partial charge in [0.25, 0.3) is 5.56 Å². The second-order valence-electron chi connectivity index (χ2n) is 3.26. The van der Waals surface area contributed by atoms with E-state index in [4.69, 9.17) is 5.26 Å². The van der Waals surface area contributed by atoms with Gasteiger partial charge in [-0.3, -0.25) is 9.89 Å². The summed E-state index contributed by atoms with van der Waals surface area (Å²) in [4.78, 5) is 11.6. The standard InChI is InChI=1S/C11H9N3O/c1-8-7-13-14(11(8)15)10-4-2-9(6-12)3-5-10/h2-5,7,13H,1H3. The van der Waals surface area contributed by atoms with Gasteiger partial charge in [0.2, 0.25) is 0 Å². The van der Waals surface area contributed by atoms with E-state index >= 15 is 0 Å². The molecule has 4 nitrogen and oxygen atoms in total. The number of aromatic amines is 1. The highest BCUT2D eigenvalue weighted by molar-refractivity contribution is 5.38. The summed E-state index contributed by atoms with van der Waals surface area (Å²) in [7, 11) is 0. The lowest BCUT2D eigenvalue weighted by atomic mass is 10.2.